The third-order valence-electron chi connectivity index (χ3n) is 3.01. The van der Waals surface area contributed by atoms with Gasteiger partial charge in [0.05, 0.1) is 12.7 Å². The fraction of sp³-hybridized carbons (Fsp3) is 0.400. The van der Waals surface area contributed by atoms with Gasteiger partial charge < -0.3 is 5.32 Å². The molecule has 4 heteroatoms. The third-order valence-corrected chi connectivity index (χ3v) is 3.27. The molecule has 1 aromatic heterocycles. The topological polar surface area (TPSA) is 29.9 Å². The van der Waals surface area contributed by atoms with Crippen molar-refractivity contribution < 1.29 is 0 Å². The van der Waals surface area contributed by atoms with Gasteiger partial charge in [-0.15, -0.1) is 0 Å². The number of benzene rings is 1. The predicted octanol–water partition coefficient (Wildman–Crippen LogP) is 3.13. The molecule has 0 unspecified atom stereocenters. The lowest BCUT2D eigenvalue weighted by atomic mass is 10.2. The molecule has 0 atom stereocenters. The van der Waals surface area contributed by atoms with E-state index in [9.17, 15) is 0 Å². The second kappa shape index (κ2) is 7.31. The Hall–Kier alpha value is -1.32. The second-order valence-electron chi connectivity index (χ2n) is 4.63. The van der Waals surface area contributed by atoms with Gasteiger partial charge in [0.1, 0.15) is 0 Å². The molecule has 0 aliphatic heterocycles. The van der Waals surface area contributed by atoms with Gasteiger partial charge in [0.2, 0.25) is 0 Å². The highest BCUT2D eigenvalue weighted by molar-refractivity contribution is 6.30. The minimum absolute atomic E-state index is 0.772. The highest BCUT2D eigenvalue weighted by Gasteiger charge is 2.00. The van der Waals surface area contributed by atoms with Crippen molar-refractivity contribution in [2.45, 2.75) is 26.3 Å². The largest absolute Gasteiger partial charge is 0.317 e. The highest BCUT2D eigenvalue weighted by Crippen LogP contribution is 2.11. The van der Waals surface area contributed by atoms with E-state index >= 15 is 0 Å². The summed E-state index contributed by atoms with van der Waals surface area (Å²) in [6.07, 6.45) is 6.32. The van der Waals surface area contributed by atoms with Crippen molar-refractivity contribution in [2.75, 3.05) is 13.1 Å². The average Bonchev–Trinajstić information content (AvgIpc) is 2.85. The fourth-order valence-electron chi connectivity index (χ4n) is 1.99. The predicted molar refractivity (Wildman–Crippen MR) is 79.6 cm³/mol. The summed E-state index contributed by atoms with van der Waals surface area (Å²) in [5.41, 5.74) is 2.51. The first-order valence-corrected chi connectivity index (χ1v) is 7.12. The van der Waals surface area contributed by atoms with E-state index in [2.05, 4.69) is 23.5 Å². The van der Waals surface area contributed by atoms with Gasteiger partial charge in [-0.05, 0) is 49.2 Å². The van der Waals surface area contributed by atoms with Crippen LogP contribution in [-0.2, 0) is 13.0 Å². The Morgan fingerprint density at radius 1 is 1.21 bits per heavy atom. The molecule has 0 spiro atoms. The summed E-state index contributed by atoms with van der Waals surface area (Å²) in [5, 5.41) is 8.50. The van der Waals surface area contributed by atoms with Gasteiger partial charge >= 0.3 is 0 Å². The Bertz CT molecular complexity index is 490. The van der Waals surface area contributed by atoms with Crippen LogP contribution in [0.2, 0.25) is 5.02 Å². The lowest BCUT2D eigenvalue weighted by Crippen LogP contribution is -2.14. The van der Waals surface area contributed by atoms with Crippen LogP contribution in [0.1, 0.15) is 24.5 Å². The van der Waals surface area contributed by atoms with E-state index in [0.717, 1.165) is 37.5 Å². The monoisotopic (exact) mass is 277 g/mol. The molecular formula is C15H20ClN3. The summed E-state index contributed by atoms with van der Waals surface area (Å²) in [4.78, 5) is 0. The zero-order chi connectivity index (χ0) is 13.5. The molecule has 0 saturated carbocycles. The molecule has 2 aromatic rings. The third kappa shape index (κ3) is 4.69. The van der Waals surface area contributed by atoms with Crippen molar-refractivity contribution >= 4 is 11.6 Å². The maximum absolute atomic E-state index is 5.87. The van der Waals surface area contributed by atoms with E-state index in [1.165, 1.54) is 11.1 Å². The highest BCUT2D eigenvalue weighted by atomic mass is 35.5. The van der Waals surface area contributed by atoms with E-state index in [4.69, 9.17) is 11.6 Å². The first-order valence-electron chi connectivity index (χ1n) is 6.74. The number of hydrogen-bond acceptors (Lipinski definition) is 2. The van der Waals surface area contributed by atoms with Gasteiger partial charge in [0, 0.05) is 11.2 Å². The molecule has 0 amide bonds. The molecule has 0 saturated heterocycles. The molecule has 19 heavy (non-hydrogen) atoms. The number of rotatable bonds is 7. The molecule has 1 heterocycles. The van der Waals surface area contributed by atoms with E-state index < -0.39 is 0 Å². The summed E-state index contributed by atoms with van der Waals surface area (Å²) in [6.45, 7) is 5.03. The molecule has 0 fully saturated rings. The summed E-state index contributed by atoms with van der Waals surface area (Å²) < 4.78 is 1.98. The molecule has 102 valence electrons. The lowest BCUT2D eigenvalue weighted by molar-refractivity contribution is 0.669. The Kier molecular flexibility index (Phi) is 5.43. The normalized spacial score (nSPS) is 10.8. The summed E-state index contributed by atoms with van der Waals surface area (Å²) in [6, 6.07) is 7.90. The van der Waals surface area contributed by atoms with Crippen LogP contribution in [0, 0.1) is 0 Å². The smallest absolute Gasteiger partial charge is 0.0659 e. The maximum Gasteiger partial charge on any atom is 0.0659 e. The standard InChI is InChI=1S/C15H20ClN3/c1-2-17-9-3-4-14-10-18-19(12-14)11-13-5-7-15(16)8-6-13/h5-8,10,12,17H,2-4,9,11H2,1H3. The van der Waals surface area contributed by atoms with Crippen molar-refractivity contribution in [1.29, 1.82) is 0 Å². The number of halogens is 1. The minimum Gasteiger partial charge on any atom is -0.317 e. The van der Waals surface area contributed by atoms with Crippen LogP contribution >= 0.6 is 11.6 Å². The van der Waals surface area contributed by atoms with E-state index in [-0.39, 0.29) is 0 Å². The molecule has 1 N–H and O–H groups in total. The maximum atomic E-state index is 5.87. The molecule has 3 nitrogen and oxygen atoms in total. The van der Waals surface area contributed by atoms with Crippen molar-refractivity contribution in [3.8, 4) is 0 Å². The van der Waals surface area contributed by atoms with Crippen LogP contribution in [0.25, 0.3) is 0 Å². The van der Waals surface area contributed by atoms with Crippen LogP contribution in [0.15, 0.2) is 36.7 Å². The zero-order valence-electron chi connectivity index (χ0n) is 11.3. The van der Waals surface area contributed by atoms with Gasteiger partial charge in [0.25, 0.3) is 0 Å². The van der Waals surface area contributed by atoms with Crippen LogP contribution in [0.5, 0.6) is 0 Å². The molecule has 2 rings (SSSR count). The number of aromatic nitrogens is 2. The average molecular weight is 278 g/mol. The van der Waals surface area contributed by atoms with Crippen molar-refractivity contribution in [2.24, 2.45) is 0 Å². The Morgan fingerprint density at radius 3 is 2.74 bits per heavy atom. The van der Waals surface area contributed by atoms with Gasteiger partial charge in [-0.1, -0.05) is 30.7 Å². The van der Waals surface area contributed by atoms with Crippen LogP contribution in [-0.4, -0.2) is 22.9 Å². The first-order chi connectivity index (χ1) is 9.28. The molecule has 1 aromatic carbocycles. The van der Waals surface area contributed by atoms with Crippen molar-refractivity contribution in [1.82, 2.24) is 15.1 Å². The number of hydrogen-bond donors (Lipinski definition) is 1. The molecular weight excluding hydrogens is 258 g/mol. The van der Waals surface area contributed by atoms with Crippen molar-refractivity contribution in [3.05, 3.63) is 52.8 Å². The zero-order valence-corrected chi connectivity index (χ0v) is 12.0. The Labute approximate surface area is 119 Å². The van der Waals surface area contributed by atoms with Crippen LogP contribution < -0.4 is 5.32 Å². The summed E-state index contributed by atoms with van der Waals surface area (Å²) >= 11 is 5.87. The van der Waals surface area contributed by atoms with Crippen molar-refractivity contribution in [3.63, 3.8) is 0 Å². The molecule has 0 aliphatic carbocycles. The molecule has 0 bridgehead atoms. The van der Waals surface area contributed by atoms with Gasteiger partial charge in [-0.25, -0.2) is 0 Å². The van der Waals surface area contributed by atoms with E-state index in [1.54, 1.807) is 0 Å². The summed E-state index contributed by atoms with van der Waals surface area (Å²) in [5.74, 6) is 0. The second-order valence-corrected chi connectivity index (χ2v) is 5.07. The van der Waals surface area contributed by atoms with Gasteiger partial charge in [-0.2, -0.15) is 5.10 Å². The van der Waals surface area contributed by atoms with E-state index in [0.29, 0.717) is 0 Å². The van der Waals surface area contributed by atoms with Gasteiger partial charge in [0.15, 0.2) is 0 Å². The SMILES string of the molecule is CCNCCCc1cnn(Cc2ccc(Cl)cc2)c1. The van der Waals surface area contributed by atoms with Crippen LogP contribution in [0.4, 0.5) is 0 Å². The first kappa shape index (κ1) is 14.1. The Balaban J connectivity index is 1.85. The minimum atomic E-state index is 0.772. The number of nitrogens with zero attached hydrogens (tertiary/aromatic N) is 2. The molecule has 0 radical (unpaired) electrons. The van der Waals surface area contributed by atoms with Crippen LogP contribution in [0.3, 0.4) is 0 Å². The summed E-state index contributed by atoms with van der Waals surface area (Å²) in [7, 11) is 0. The quantitative estimate of drug-likeness (QED) is 0.788. The van der Waals surface area contributed by atoms with E-state index in [1.807, 2.05) is 35.1 Å². The fourth-order valence-corrected chi connectivity index (χ4v) is 2.12. The van der Waals surface area contributed by atoms with Gasteiger partial charge in [-0.3, -0.25) is 4.68 Å². The number of nitrogens with one attached hydrogen (secondary N) is 1. The number of aryl methyl sites for hydroxylation is 1. The molecule has 0 aliphatic rings. The lowest BCUT2D eigenvalue weighted by Gasteiger charge is -2.02. The Morgan fingerprint density at radius 2 is 2.00 bits per heavy atom.